The highest BCUT2D eigenvalue weighted by Crippen LogP contribution is 2.30. The number of anilines is 1. The second kappa shape index (κ2) is 10.8. The van der Waals surface area contributed by atoms with Gasteiger partial charge >= 0.3 is 5.97 Å². The number of carbonyl (C=O) groups is 1. The van der Waals surface area contributed by atoms with Crippen LogP contribution in [0.25, 0.3) is 0 Å². The van der Waals surface area contributed by atoms with Crippen LogP contribution < -0.4 is 11.1 Å². The van der Waals surface area contributed by atoms with E-state index in [0.29, 0.717) is 21.5 Å². The van der Waals surface area contributed by atoms with Gasteiger partial charge < -0.3 is 15.2 Å². The lowest BCUT2D eigenvalue weighted by Crippen LogP contribution is -2.12. The summed E-state index contributed by atoms with van der Waals surface area (Å²) in [6.45, 7) is 2.01. The summed E-state index contributed by atoms with van der Waals surface area (Å²) < 4.78 is 4.75. The Kier molecular flexibility index (Phi) is 8.47. The van der Waals surface area contributed by atoms with Crippen molar-refractivity contribution in [2.24, 2.45) is 10.7 Å². The molecule has 0 amide bonds. The number of rotatable bonds is 3. The number of aliphatic hydroxyl groups excluding tert-OH is 1. The van der Waals surface area contributed by atoms with Gasteiger partial charge in [-0.2, -0.15) is 0 Å². The number of benzodiazepines with no additional fused rings is 1. The summed E-state index contributed by atoms with van der Waals surface area (Å²) in [5.74, 6) is -0.531. The molecule has 1 heterocycles. The lowest BCUT2D eigenvalue weighted by atomic mass is 10.0. The molecule has 0 spiro atoms. The van der Waals surface area contributed by atoms with Crippen LogP contribution in [0.3, 0.4) is 0 Å². The van der Waals surface area contributed by atoms with Crippen LogP contribution in [-0.2, 0) is 9.53 Å². The van der Waals surface area contributed by atoms with Crippen LogP contribution in [0.5, 0.6) is 0 Å². The third kappa shape index (κ3) is 5.81. The first kappa shape index (κ1) is 21.9. The number of benzene rings is 2. The third-order valence-corrected chi connectivity index (χ3v) is 4.15. The van der Waals surface area contributed by atoms with Gasteiger partial charge in [-0.1, -0.05) is 41.4 Å². The predicted octanol–water partition coefficient (Wildman–Crippen LogP) is 3.60. The molecule has 0 bridgehead atoms. The highest BCUT2D eigenvalue weighted by Gasteiger charge is 2.19. The van der Waals surface area contributed by atoms with Crippen molar-refractivity contribution in [1.82, 2.24) is 0 Å². The van der Waals surface area contributed by atoms with Crippen molar-refractivity contribution in [1.29, 1.82) is 0 Å². The molecular weight excluding hydrogens is 401 g/mol. The third-order valence-electron chi connectivity index (χ3n) is 3.59. The Labute approximate surface area is 173 Å². The molecule has 0 fully saturated rings. The number of ether oxygens (including phenoxy) is 1. The molecule has 0 saturated carbocycles. The fourth-order valence-corrected chi connectivity index (χ4v) is 2.91. The molecule has 1 aliphatic heterocycles. The van der Waals surface area contributed by atoms with Crippen molar-refractivity contribution in [3.8, 4) is 0 Å². The predicted molar refractivity (Wildman–Crippen MR) is 113 cm³/mol. The Hall–Kier alpha value is -2.38. The van der Waals surface area contributed by atoms with Crippen LogP contribution >= 0.6 is 23.2 Å². The zero-order valence-corrected chi connectivity index (χ0v) is 16.8. The molecule has 1 aliphatic rings. The Morgan fingerprint density at radius 3 is 2.68 bits per heavy atom. The monoisotopic (exact) mass is 421 g/mol. The molecule has 0 atom stereocenters. The number of hydrogen-bond donors (Lipinski definition) is 3. The number of nitrogens with two attached hydrogens (primary N) is 1. The summed E-state index contributed by atoms with van der Waals surface area (Å²) in [7, 11) is 0. The number of esters is 1. The minimum absolute atomic E-state index is 0.178. The van der Waals surface area contributed by atoms with Crippen LogP contribution in [0, 0.1) is 0 Å². The largest absolute Gasteiger partial charge is 0.447 e. The molecule has 8 heteroatoms. The summed E-state index contributed by atoms with van der Waals surface area (Å²) in [6, 6.07) is 12.8. The standard InChI is InChI=1S/C18H15Cl2N3O2.C2H6O/c19-11-5-6-16-14(7-11)18(13-3-1-2-4-15(13)20)22-9-12(23-16)8-17(24)25-10-21;1-2-3/h1-8,23H,9-10,21H2;3H,2H2,1H3. The topological polar surface area (TPSA) is 96.9 Å². The van der Waals surface area contributed by atoms with E-state index in [2.05, 4.69) is 10.3 Å². The Bertz CT molecular complexity index is 898. The van der Waals surface area contributed by atoms with E-state index in [9.17, 15) is 4.79 Å². The molecule has 0 unspecified atom stereocenters. The van der Waals surface area contributed by atoms with E-state index >= 15 is 0 Å². The quantitative estimate of drug-likeness (QED) is 0.399. The lowest BCUT2D eigenvalue weighted by Gasteiger charge is -2.12. The number of aliphatic imine (C=N–C) groups is 1. The van der Waals surface area contributed by atoms with Gasteiger partial charge in [0.2, 0.25) is 0 Å². The molecule has 2 aromatic rings. The van der Waals surface area contributed by atoms with Gasteiger partial charge in [-0.25, -0.2) is 4.79 Å². The Morgan fingerprint density at radius 1 is 1.29 bits per heavy atom. The summed E-state index contributed by atoms with van der Waals surface area (Å²) in [5, 5.41) is 11.9. The van der Waals surface area contributed by atoms with Crippen LogP contribution in [0.4, 0.5) is 5.69 Å². The Morgan fingerprint density at radius 2 is 2.00 bits per heavy atom. The maximum absolute atomic E-state index is 11.7. The molecule has 4 N–H and O–H groups in total. The fraction of sp³-hybridized carbons (Fsp3) is 0.200. The first-order valence-electron chi connectivity index (χ1n) is 8.54. The molecule has 148 valence electrons. The molecule has 28 heavy (non-hydrogen) atoms. The molecular formula is C20H21Cl2N3O3. The number of halogens is 2. The molecule has 3 rings (SSSR count). The summed E-state index contributed by atoms with van der Waals surface area (Å²) in [4.78, 5) is 16.3. The van der Waals surface area contributed by atoms with Gasteiger partial charge in [-0.3, -0.25) is 10.7 Å². The van der Waals surface area contributed by atoms with E-state index in [1.54, 1.807) is 19.1 Å². The van der Waals surface area contributed by atoms with E-state index < -0.39 is 5.97 Å². The van der Waals surface area contributed by atoms with Crippen molar-refractivity contribution < 1.29 is 14.6 Å². The minimum atomic E-state index is -0.531. The maximum atomic E-state index is 11.7. The van der Waals surface area contributed by atoms with Crippen molar-refractivity contribution in [2.75, 3.05) is 25.2 Å². The summed E-state index contributed by atoms with van der Waals surface area (Å²) >= 11 is 12.5. The van der Waals surface area contributed by atoms with Gasteiger partial charge in [0.25, 0.3) is 0 Å². The van der Waals surface area contributed by atoms with Crippen LogP contribution in [0.1, 0.15) is 18.1 Å². The van der Waals surface area contributed by atoms with E-state index in [1.165, 1.54) is 6.08 Å². The minimum Gasteiger partial charge on any atom is -0.447 e. The van der Waals surface area contributed by atoms with Crippen molar-refractivity contribution in [3.05, 3.63) is 75.4 Å². The van der Waals surface area contributed by atoms with Gasteiger partial charge in [-0.15, -0.1) is 0 Å². The molecule has 0 aliphatic carbocycles. The number of aliphatic hydroxyl groups is 1. The summed E-state index contributed by atoms with van der Waals surface area (Å²) in [5.41, 5.74) is 8.88. The molecule has 2 aromatic carbocycles. The fourth-order valence-electron chi connectivity index (χ4n) is 2.51. The molecule has 0 radical (unpaired) electrons. The van der Waals surface area contributed by atoms with Crippen molar-refractivity contribution in [2.45, 2.75) is 6.92 Å². The van der Waals surface area contributed by atoms with E-state index in [0.717, 1.165) is 16.8 Å². The zero-order chi connectivity index (χ0) is 20.5. The average Bonchev–Trinajstić information content (AvgIpc) is 2.82. The van der Waals surface area contributed by atoms with E-state index in [1.807, 2.05) is 30.3 Å². The van der Waals surface area contributed by atoms with Crippen LogP contribution in [0.15, 0.2) is 59.2 Å². The zero-order valence-electron chi connectivity index (χ0n) is 15.3. The summed E-state index contributed by atoms with van der Waals surface area (Å²) in [6.07, 6.45) is 1.34. The molecule has 0 aromatic heterocycles. The first-order chi connectivity index (χ1) is 13.5. The molecule has 0 saturated heterocycles. The van der Waals surface area contributed by atoms with Gasteiger partial charge in [0.15, 0.2) is 0 Å². The van der Waals surface area contributed by atoms with Crippen LogP contribution in [0.2, 0.25) is 10.0 Å². The van der Waals surface area contributed by atoms with Crippen molar-refractivity contribution >= 4 is 40.6 Å². The highest BCUT2D eigenvalue weighted by atomic mass is 35.5. The average molecular weight is 422 g/mol. The molecule has 6 nitrogen and oxygen atoms in total. The maximum Gasteiger partial charge on any atom is 0.333 e. The van der Waals surface area contributed by atoms with Crippen molar-refractivity contribution in [3.63, 3.8) is 0 Å². The smallest absolute Gasteiger partial charge is 0.333 e. The number of nitrogens with zero attached hydrogens (tertiary/aromatic N) is 1. The van der Waals surface area contributed by atoms with E-state index in [4.69, 9.17) is 38.8 Å². The van der Waals surface area contributed by atoms with E-state index in [-0.39, 0.29) is 19.9 Å². The normalized spacial score (nSPS) is 14.0. The van der Waals surface area contributed by atoms with Gasteiger partial charge in [0, 0.05) is 45.2 Å². The van der Waals surface area contributed by atoms with Gasteiger partial charge in [0.1, 0.15) is 6.73 Å². The number of nitrogens with one attached hydrogen (secondary N) is 1. The number of hydrogen-bond acceptors (Lipinski definition) is 6. The Balaban J connectivity index is 0.000000878. The second-order valence-corrected chi connectivity index (χ2v) is 6.42. The number of carbonyl (C=O) groups excluding carboxylic acids is 1. The first-order valence-corrected chi connectivity index (χ1v) is 9.30. The second-order valence-electron chi connectivity index (χ2n) is 5.58. The number of fused-ring (bicyclic) bond motifs is 1. The highest BCUT2D eigenvalue weighted by molar-refractivity contribution is 6.36. The van der Waals surface area contributed by atoms with Gasteiger partial charge in [0.05, 0.1) is 12.3 Å². The lowest BCUT2D eigenvalue weighted by molar-refractivity contribution is -0.137. The van der Waals surface area contributed by atoms with Crippen LogP contribution in [-0.4, -0.2) is 36.7 Å². The van der Waals surface area contributed by atoms with Gasteiger partial charge in [-0.05, 0) is 31.2 Å². The SMILES string of the molecule is CCO.NCOC(=O)C=C1CN=C(c2ccccc2Cl)c2cc(Cl)ccc2N1.